The summed E-state index contributed by atoms with van der Waals surface area (Å²) >= 11 is 0. The molecular weight excluding hydrogens is 400 g/mol. The quantitative estimate of drug-likeness (QED) is 0.267. The van der Waals surface area contributed by atoms with Gasteiger partial charge in [-0.2, -0.15) is 0 Å². The van der Waals surface area contributed by atoms with Crippen LogP contribution in [0.25, 0.3) is 0 Å². The second-order valence-electron chi connectivity index (χ2n) is 6.64. The molecule has 0 rings (SSSR count). The predicted molar refractivity (Wildman–Crippen MR) is 113 cm³/mol. The molecule has 6 N–H and O–H groups in total. The van der Waals surface area contributed by atoms with E-state index in [1.54, 1.807) is 27.7 Å². The van der Waals surface area contributed by atoms with Crippen molar-refractivity contribution in [2.24, 2.45) is 0 Å². The SMILES string of the molecule is C=C(C)C(=O)O.C=C(C)C(=O)O.CC(O)COCC(C)O.CC(O)COCC(C)O. The number of aliphatic carboxylic acids is 2. The Hall–Kier alpha value is -1.82. The zero-order valence-corrected chi connectivity index (χ0v) is 18.9. The Kier molecular flexibility index (Phi) is 27.8. The Labute approximate surface area is 179 Å². The lowest BCUT2D eigenvalue weighted by atomic mass is 10.4. The maximum atomic E-state index is 9.60. The molecule has 10 heteroatoms. The maximum absolute atomic E-state index is 9.60. The number of aliphatic hydroxyl groups is 4. The van der Waals surface area contributed by atoms with Crippen molar-refractivity contribution < 1.29 is 49.7 Å². The van der Waals surface area contributed by atoms with Gasteiger partial charge in [0.2, 0.25) is 0 Å². The molecule has 4 atom stereocenters. The number of carbonyl (C=O) groups is 2. The van der Waals surface area contributed by atoms with Gasteiger partial charge in [0.1, 0.15) is 0 Å². The van der Waals surface area contributed by atoms with Crippen LogP contribution in [0.5, 0.6) is 0 Å². The van der Waals surface area contributed by atoms with E-state index in [1.165, 1.54) is 13.8 Å². The highest BCUT2D eigenvalue weighted by molar-refractivity contribution is 5.85. The van der Waals surface area contributed by atoms with E-state index in [-0.39, 0.29) is 11.1 Å². The van der Waals surface area contributed by atoms with Gasteiger partial charge in [-0.1, -0.05) is 13.2 Å². The van der Waals surface area contributed by atoms with Crippen molar-refractivity contribution >= 4 is 11.9 Å². The normalized spacial score (nSPS) is 13.4. The van der Waals surface area contributed by atoms with Crippen molar-refractivity contribution in [2.45, 2.75) is 66.0 Å². The average molecular weight is 441 g/mol. The molecule has 0 saturated heterocycles. The standard InChI is InChI=1S/2C6H14O3.2C4H6O2/c2*1-5(7)3-9-4-6(2)8;2*1-3(2)4(5)6/h2*5-8H,3-4H2,1-2H3;2*1H2,2H3,(H,5,6). The molecule has 0 heterocycles. The molecule has 0 aromatic carbocycles. The Morgan fingerprint density at radius 2 is 0.767 bits per heavy atom. The molecule has 0 spiro atoms. The van der Waals surface area contributed by atoms with Crippen LogP contribution in [0.4, 0.5) is 0 Å². The molecule has 0 fully saturated rings. The summed E-state index contributed by atoms with van der Waals surface area (Å²) in [5, 5.41) is 50.4. The van der Waals surface area contributed by atoms with Crippen LogP contribution < -0.4 is 0 Å². The van der Waals surface area contributed by atoms with E-state index in [0.717, 1.165) is 0 Å². The van der Waals surface area contributed by atoms with Crippen LogP contribution in [0.15, 0.2) is 24.3 Å². The number of carboxylic acid groups (broad SMARTS) is 2. The second kappa shape index (κ2) is 23.5. The first-order chi connectivity index (χ1) is 13.5. The minimum absolute atomic E-state index is 0.176. The van der Waals surface area contributed by atoms with Crippen molar-refractivity contribution in [1.29, 1.82) is 0 Å². The van der Waals surface area contributed by atoms with Gasteiger partial charge in [-0.05, 0) is 41.5 Å². The van der Waals surface area contributed by atoms with Crippen molar-refractivity contribution in [1.82, 2.24) is 0 Å². The lowest BCUT2D eigenvalue weighted by molar-refractivity contribution is -0.133. The second-order valence-corrected chi connectivity index (χ2v) is 6.64. The number of aliphatic hydroxyl groups excluding tert-OH is 4. The molecule has 0 aromatic heterocycles. The highest BCUT2D eigenvalue weighted by atomic mass is 16.5. The van der Waals surface area contributed by atoms with Gasteiger partial charge in [-0.3, -0.25) is 0 Å². The highest BCUT2D eigenvalue weighted by Gasteiger charge is 1.98. The number of rotatable bonds is 10. The Morgan fingerprint density at radius 3 is 0.833 bits per heavy atom. The van der Waals surface area contributed by atoms with Crippen LogP contribution in [0.2, 0.25) is 0 Å². The van der Waals surface area contributed by atoms with Gasteiger partial charge in [0, 0.05) is 11.1 Å². The van der Waals surface area contributed by atoms with Gasteiger partial charge in [-0.15, -0.1) is 0 Å². The summed E-state index contributed by atoms with van der Waals surface area (Å²) in [5.74, 6) is -1.87. The molecule has 180 valence electrons. The first kappa shape index (κ1) is 35.6. The minimum Gasteiger partial charge on any atom is -0.478 e. The molecule has 30 heavy (non-hydrogen) atoms. The average Bonchev–Trinajstić information content (AvgIpc) is 2.54. The van der Waals surface area contributed by atoms with E-state index >= 15 is 0 Å². The molecule has 0 aliphatic rings. The zero-order chi connectivity index (χ0) is 24.9. The summed E-state index contributed by atoms with van der Waals surface area (Å²) in [6, 6.07) is 0. The topological polar surface area (TPSA) is 174 Å². The smallest absolute Gasteiger partial charge is 0.330 e. The third kappa shape index (κ3) is 50.2. The minimum atomic E-state index is -0.935. The third-order valence-corrected chi connectivity index (χ3v) is 2.17. The van der Waals surface area contributed by atoms with E-state index in [2.05, 4.69) is 13.2 Å². The van der Waals surface area contributed by atoms with Gasteiger partial charge in [0.15, 0.2) is 0 Å². The highest BCUT2D eigenvalue weighted by Crippen LogP contribution is 1.86. The summed E-state index contributed by atoms with van der Waals surface area (Å²) in [7, 11) is 0. The van der Waals surface area contributed by atoms with Gasteiger partial charge < -0.3 is 40.1 Å². The fraction of sp³-hybridized carbons (Fsp3) is 0.700. The molecule has 4 unspecified atom stereocenters. The number of ether oxygens (including phenoxy) is 2. The molecular formula is C20H40O10. The van der Waals surface area contributed by atoms with Gasteiger partial charge >= 0.3 is 11.9 Å². The molecule has 0 saturated carbocycles. The molecule has 0 bridgehead atoms. The molecule has 10 nitrogen and oxygen atoms in total. The van der Waals surface area contributed by atoms with Crippen molar-refractivity contribution in [3.05, 3.63) is 24.3 Å². The van der Waals surface area contributed by atoms with Crippen LogP contribution in [-0.4, -0.2) is 93.4 Å². The molecule has 0 aliphatic carbocycles. The third-order valence-electron chi connectivity index (χ3n) is 2.17. The Balaban J connectivity index is -0.000000153. The van der Waals surface area contributed by atoms with E-state index in [0.29, 0.717) is 26.4 Å². The predicted octanol–water partition coefficient (Wildman–Crippen LogP) is 0.823. The lowest BCUT2D eigenvalue weighted by Crippen LogP contribution is -2.16. The summed E-state index contributed by atoms with van der Waals surface area (Å²) in [6.07, 6.45) is -1.76. The summed E-state index contributed by atoms with van der Waals surface area (Å²) < 4.78 is 9.71. The Bertz CT molecular complexity index is 375. The maximum Gasteiger partial charge on any atom is 0.330 e. The van der Waals surface area contributed by atoms with E-state index < -0.39 is 36.4 Å². The van der Waals surface area contributed by atoms with Crippen molar-refractivity contribution in [3.63, 3.8) is 0 Å². The van der Waals surface area contributed by atoms with Crippen LogP contribution >= 0.6 is 0 Å². The van der Waals surface area contributed by atoms with Crippen molar-refractivity contribution in [3.8, 4) is 0 Å². The largest absolute Gasteiger partial charge is 0.478 e. The number of hydrogen-bond donors (Lipinski definition) is 6. The lowest BCUT2D eigenvalue weighted by Gasteiger charge is -2.06. The summed E-state index contributed by atoms with van der Waals surface area (Å²) in [5.41, 5.74) is 0.352. The Morgan fingerprint density at radius 1 is 0.633 bits per heavy atom. The molecule has 0 amide bonds. The van der Waals surface area contributed by atoms with Crippen LogP contribution in [0, 0.1) is 0 Å². The van der Waals surface area contributed by atoms with Crippen LogP contribution in [0.1, 0.15) is 41.5 Å². The van der Waals surface area contributed by atoms with Crippen molar-refractivity contribution in [2.75, 3.05) is 26.4 Å². The molecule has 0 aromatic rings. The number of carboxylic acids is 2. The summed E-state index contributed by atoms with van der Waals surface area (Å²) in [6.45, 7) is 17.0. The van der Waals surface area contributed by atoms with Gasteiger partial charge in [0.25, 0.3) is 0 Å². The van der Waals surface area contributed by atoms with E-state index in [1.807, 2.05) is 0 Å². The first-order valence-corrected chi connectivity index (χ1v) is 9.19. The molecule has 0 radical (unpaired) electrons. The fourth-order valence-corrected chi connectivity index (χ4v) is 0.818. The zero-order valence-electron chi connectivity index (χ0n) is 18.9. The number of hydrogen-bond acceptors (Lipinski definition) is 8. The van der Waals surface area contributed by atoms with Gasteiger partial charge in [0.05, 0.1) is 50.8 Å². The summed E-state index contributed by atoms with van der Waals surface area (Å²) in [4.78, 5) is 19.2. The monoisotopic (exact) mass is 440 g/mol. The fourth-order valence-electron chi connectivity index (χ4n) is 0.818. The van der Waals surface area contributed by atoms with Crippen LogP contribution in [-0.2, 0) is 19.1 Å². The first-order valence-electron chi connectivity index (χ1n) is 9.19. The van der Waals surface area contributed by atoms with Gasteiger partial charge in [-0.25, -0.2) is 9.59 Å². The van der Waals surface area contributed by atoms with E-state index in [4.69, 9.17) is 40.1 Å². The molecule has 0 aliphatic heterocycles. The van der Waals surface area contributed by atoms with E-state index in [9.17, 15) is 9.59 Å². The van der Waals surface area contributed by atoms with Crippen LogP contribution in [0.3, 0.4) is 0 Å².